The quantitative estimate of drug-likeness (QED) is 0.0189. The number of nitrogens with zero attached hydrogens (tertiary/aromatic N) is 20. The molecule has 33 nitrogen and oxygen atoms in total. The number of aryl methyl sites for hydroxylation is 7. The van der Waals surface area contributed by atoms with Gasteiger partial charge in [-0.25, -0.2) is 79.1 Å². The van der Waals surface area contributed by atoms with Crippen molar-refractivity contribution in [2.75, 3.05) is 52.9 Å². The molecule has 14 heterocycles. The van der Waals surface area contributed by atoms with E-state index in [1.165, 1.54) is 40.3 Å². The minimum absolute atomic E-state index is 0. The van der Waals surface area contributed by atoms with E-state index in [0.717, 1.165) is 126 Å². The maximum atomic E-state index is 11.9. The van der Waals surface area contributed by atoms with Crippen molar-refractivity contribution >= 4 is 114 Å². The number of H-pyrrole nitrogens is 1. The third-order valence-electron chi connectivity index (χ3n) is 22.1. The Balaban J connectivity index is 0.000000242. The number of aromatic amines is 1. The number of ether oxygens (including phenoxy) is 10. The molecule has 0 bridgehead atoms. The molecule has 1 aromatic carbocycles. The molecular formula is C102H154N21O12Si3-. The zero-order valence-corrected chi connectivity index (χ0v) is 90.6. The lowest BCUT2D eigenvalue weighted by molar-refractivity contribution is -0.282. The second-order valence-corrected chi connectivity index (χ2v) is 55.1. The van der Waals surface area contributed by atoms with Gasteiger partial charge in [0.25, 0.3) is 6.48 Å². The molecule has 36 heteroatoms. The van der Waals surface area contributed by atoms with Crippen LogP contribution >= 0.6 is 0 Å². The van der Waals surface area contributed by atoms with E-state index < -0.39 is 54.4 Å². The zero-order chi connectivity index (χ0) is 102. The van der Waals surface area contributed by atoms with E-state index in [4.69, 9.17) is 47.4 Å². The predicted octanol–water partition coefficient (Wildman–Crippen LogP) is 22.9. The molecule has 0 saturated carbocycles. The summed E-state index contributed by atoms with van der Waals surface area (Å²) < 4.78 is 65.3. The zero-order valence-electron chi connectivity index (χ0n) is 88.6. The molecule has 1 N–H and O–H groups in total. The van der Waals surface area contributed by atoms with E-state index in [2.05, 4.69) is 191 Å². The van der Waals surface area contributed by atoms with E-state index in [1.807, 2.05) is 224 Å². The number of carbonyl (C=O) groups excluding carboxylic acids is 2. The van der Waals surface area contributed by atoms with Crippen LogP contribution in [0.4, 0.5) is 4.79 Å². The minimum Gasteiger partial charge on any atom is -1.00 e. The molecule has 0 amide bonds. The molecule has 0 aliphatic rings. The minimum atomic E-state index is -1.71. The maximum Gasteiger partial charge on any atom is 0.420 e. The van der Waals surface area contributed by atoms with Gasteiger partial charge in [0.2, 0.25) is 6.41 Å². The standard InChI is InChI=1S/C16H27N3Si.C15H15N3O.C13H17N3O2.C13H21N3OSi.C12H15N3O2.C12H17N3O2.C7H7N3.C7H16O3.C7H18OSi.H/c1-11(2)20(12(3)4,13(5)6)19-9-8-15-14(7)17-10-18-16(15)19;1-12-14-7-8-18(15(14)17-10-16-12)11-19-9-13-5-3-2-4-6-13;1-9-10-5-6-16(11(10)15-7-14-9)8-18-12(17)13(2,3)4;1-11-12-5-6-16(13(12)15-9-14-11)10-17-7-8-18(2,3)4;1-8-9-5-6-15(10(9)14-7-13-8)11(16)17-12(2,3)4;1-4-16-12(17-5-2)15-7-6-10-9(3)13-8-14-11(10)15;1-5-6-2-3-8-7(6)10-4-9-5;1-4-8-7(9-5-2)10-6-3;1-5-8-6-7-9(2,3)4;/h8-13H,1-7H3;2-8,10H,9,11H2,1H3;5-7H,8H2,1-4H3;5-6,9H,7-8,10H2,1-4H3;5-7H,1-4H3;6-8,12H,4-5H2,1-3H3;2-4H,1H3,(H,8,9,10);7H,4-6H2,1-3H3;5-7H2,1-4H3;/q;;;;;;;;;-1/i;;;;;;;;;1+1. The van der Waals surface area contributed by atoms with Crippen LogP contribution in [0.15, 0.2) is 160 Å². The van der Waals surface area contributed by atoms with Gasteiger partial charge in [0.15, 0.2) is 20.6 Å². The van der Waals surface area contributed by atoms with Crippen molar-refractivity contribution in [2.24, 2.45) is 5.41 Å². The molecule has 138 heavy (non-hydrogen) atoms. The van der Waals surface area contributed by atoms with Crippen molar-refractivity contribution in [2.45, 2.75) is 286 Å². The van der Waals surface area contributed by atoms with Gasteiger partial charge < -0.3 is 67.1 Å². The number of fused-ring (bicyclic) bond motifs is 7. The Morgan fingerprint density at radius 1 is 0.391 bits per heavy atom. The second-order valence-electron chi connectivity index (χ2n) is 38.2. The number of aromatic nitrogens is 21. The number of carbonyl (C=O) groups is 2. The largest absolute Gasteiger partial charge is 1.00 e. The monoisotopic (exact) mass is 1950 g/mol. The molecule has 15 aromatic rings. The molecule has 0 radical (unpaired) electrons. The Bertz CT molecular complexity index is 6130. The van der Waals surface area contributed by atoms with Gasteiger partial charge in [0.05, 0.1) is 51.9 Å². The van der Waals surface area contributed by atoms with Crippen molar-refractivity contribution < 1.29 is 58.4 Å². The summed E-state index contributed by atoms with van der Waals surface area (Å²) in [5.41, 5.74) is 15.1. The van der Waals surface area contributed by atoms with Crippen LogP contribution in [-0.2, 0) is 79.0 Å². The van der Waals surface area contributed by atoms with Gasteiger partial charge in [-0.2, -0.15) is 0 Å². The van der Waals surface area contributed by atoms with Crippen LogP contribution in [0, 0.1) is 53.9 Å². The van der Waals surface area contributed by atoms with Gasteiger partial charge in [-0.15, -0.1) is 0 Å². The number of nitrogens with one attached hydrogen (secondary N) is 1. The molecule has 0 atom stereocenters. The fraction of sp³-hybridized carbons (Fsp3) is 0.510. The van der Waals surface area contributed by atoms with Crippen LogP contribution < -0.4 is 0 Å². The Morgan fingerprint density at radius 3 is 1.18 bits per heavy atom. The van der Waals surface area contributed by atoms with Gasteiger partial charge in [-0.3, -0.25) is 13.9 Å². The second kappa shape index (κ2) is 55.0. The summed E-state index contributed by atoms with van der Waals surface area (Å²) >= 11 is 0. The predicted molar refractivity (Wildman–Crippen MR) is 558 cm³/mol. The summed E-state index contributed by atoms with van der Waals surface area (Å²) in [6, 6.07) is 26.6. The summed E-state index contributed by atoms with van der Waals surface area (Å²) in [6.07, 6.45) is 23.7. The first-order chi connectivity index (χ1) is 65.5. The lowest BCUT2D eigenvalue weighted by atomic mass is 9.98. The molecule has 752 valence electrons. The average molecular weight is 1950 g/mol. The molecule has 0 unspecified atom stereocenters. The summed E-state index contributed by atoms with van der Waals surface area (Å²) in [5, 5.41) is 7.34. The Kier molecular flexibility index (Phi) is 45.4. The molecular weight excluding hydrogens is 1800 g/mol. The van der Waals surface area contributed by atoms with Gasteiger partial charge in [-0.1, -0.05) is 111 Å². The summed E-state index contributed by atoms with van der Waals surface area (Å²) in [5.74, 6) is -0.227. The number of benzene rings is 1. The number of hydrogen-bond donors (Lipinski definition) is 1. The first-order valence-electron chi connectivity index (χ1n) is 47.6. The van der Waals surface area contributed by atoms with E-state index >= 15 is 0 Å². The SMILES string of the molecule is CCOC(OCC)OCC.CCOC(OCC)n1ccc2c(C)ncnc21.CCOCC[Si](C)(C)C.Cc1ncnc2[nH]ccc12.Cc1ncnc2c1ccn2C(=O)OC(C)(C)C.Cc1ncnc2c1ccn2COC(=O)C(C)(C)C.Cc1ncnc2c1ccn2COCC[Si](C)(C)C.Cc1ncnc2c1ccn2COCc1ccccc1.Cc1ncnc2c1ccn2[Si](C(C)C)(C(C)C)C(C)C.[2H-]. The molecule has 0 aliphatic carbocycles. The van der Waals surface area contributed by atoms with Crippen molar-refractivity contribution in [1.82, 2.24) is 102 Å². The van der Waals surface area contributed by atoms with Crippen LogP contribution in [-0.4, -0.2) is 203 Å². The highest BCUT2D eigenvalue weighted by Gasteiger charge is 2.46. The van der Waals surface area contributed by atoms with Gasteiger partial charge in [-0.05, 0) is 214 Å². The van der Waals surface area contributed by atoms with E-state index in [-0.39, 0.29) is 14.1 Å². The van der Waals surface area contributed by atoms with E-state index in [9.17, 15) is 9.59 Å². The third-order valence-corrected chi connectivity index (χ3v) is 32.3. The summed E-state index contributed by atoms with van der Waals surface area (Å²) in [4.78, 5) is 85.6. The normalized spacial score (nSPS) is 11.7. The first-order valence-corrected chi connectivity index (χ1v) is 57.2. The summed E-state index contributed by atoms with van der Waals surface area (Å²) in [7, 11) is -3.53. The van der Waals surface area contributed by atoms with Crippen molar-refractivity contribution in [3.05, 3.63) is 206 Å². The van der Waals surface area contributed by atoms with Crippen molar-refractivity contribution in [3.63, 3.8) is 0 Å². The van der Waals surface area contributed by atoms with Crippen LogP contribution in [0.5, 0.6) is 0 Å². The molecule has 0 aliphatic heterocycles. The van der Waals surface area contributed by atoms with Crippen LogP contribution in [0.25, 0.3) is 77.2 Å². The van der Waals surface area contributed by atoms with E-state index in [0.29, 0.717) is 75.4 Å². The van der Waals surface area contributed by atoms with Gasteiger partial charge >= 0.3 is 12.1 Å². The van der Waals surface area contributed by atoms with Crippen molar-refractivity contribution in [1.29, 1.82) is 0 Å². The van der Waals surface area contributed by atoms with Crippen molar-refractivity contribution in [3.8, 4) is 0 Å². The number of rotatable bonds is 30. The number of hydrogen-bond acceptors (Lipinski definition) is 26. The first kappa shape index (κ1) is 114. The fourth-order valence-electron chi connectivity index (χ4n) is 15.0. The lowest BCUT2D eigenvalue weighted by Crippen LogP contribution is -2.51. The molecule has 0 spiro atoms. The van der Waals surface area contributed by atoms with E-state index in [1.54, 1.807) is 42.4 Å². The molecule has 0 saturated heterocycles. The highest BCUT2D eigenvalue weighted by atomic mass is 28.3. The molecule has 0 fully saturated rings. The maximum absolute atomic E-state index is 11.9. The van der Waals surface area contributed by atoms with Gasteiger partial charge in [0.1, 0.15) is 97.2 Å². The molecule has 15 rings (SSSR count). The topological polar surface area (TPSA) is 352 Å². The van der Waals surface area contributed by atoms with Gasteiger partial charge in [0, 0.05) is 144 Å². The number of esters is 1. The highest BCUT2D eigenvalue weighted by molar-refractivity contribution is 6.82. The highest BCUT2D eigenvalue weighted by Crippen LogP contribution is 2.44. The van der Waals surface area contributed by atoms with Crippen LogP contribution in [0.2, 0.25) is 68.0 Å². The van der Waals surface area contributed by atoms with Crippen LogP contribution in [0.1, 0.15) is 178 Å². The Hall–Kier alpha value is -11.2. The Morgan fingerprint density at radius 2 is 0.761 bits per heavy atom. The smallest absolute Gasteiger partial charge is 0.420 e. The average Bonchev–Trinajstić information content (AvgIpc) is 1.71. The Labute approximate surface area is 819 Å². The fourth-order valence-corrected chi connectivity index (χ4v) is 23.1. The molecule has 14 aromatic heterocycles. The van der Waals surface area contributed by atoms with Crippen LogP contribution in [0.3, 0.4) is 0 Å². The third kappa shape index (κ3) is 33.8. The lowest BCUT2D eigenvalue weighted by Gasteiger charge is -2.44. The summed E-state index contributed by atoms with van der Waals surface area (Å²) in [6.45, 7) is 72.0.